The number of methoxy groups -OCH3 is 1. The third kappa shape index (κ3) is 5.23. The maximum atomic E-state index is 12.8. The predicted molar refractivity (Wildman–Crippen MR) is 105 cm³/mol. The zero-order chi connectivity index (χ0) is 21.0. The third-order valence-electron chi connectivity index (χ3n) is 4.63. The van der Waals surface area contributed by atoms with Crippen molar-refractivity contribution in [2.24, 2.45) is 0 Å². The lowest BCUT2D eigenvalue weighted by atomic mass is 10.1. The molecule has 2 aromatic rings. The van der Waals surface area contributed by atoms with Gasteiger partial charge in [0.1, 0.15) is 11.6 Å². The molecule has 0 unspecified atom stereocenters. The van der Waals surface area contributed by atoms with Crippen LogP contribution in [0.15, 0.2) is 36.5 Å². The molecule has 6 nitrogen and oxygen atoms in total. The molecule has 29 heavy (non-hydrogen) atoms. The second kappa shape index (κ2) is 8.77. The van der Waals surface area contributed by atoms with E-state index in [1.165, 1.54) is 7.11 Å². The molecule has 0 bridgehead atoms. The molecular weight excluding hydrogens is 409 g/mol. The molecule has 0 atom stereocenters. The van der Waals surface area contributed by atoms with Crippen LogP contribution in [0.4, 0.5) is 29.5 Å². The van der Waals surface area contributed by atoms with Gasteiger partial charge in [-0.05, 0) is 31.0 Å². The predicted octanol–water partition coefficient (Wildman–Crippen LogP) is 4.55. The van der Waals surface area contributed by atoms with E-state index < -0.39 is 11.7 Å². The molecule has 1 aliphatic rings. The highest BCUT2D eigenvalue weighted by atomic mass is 35.5. The second-order valence-electron chi connectivity index (χ2n) is 6.59. The first-order valence-corrected chi connectivity index (χ1v) is 9.34. The average molecular weight is 429 g/mol. The van der Waals surface area contributed by atoms with Crippen molar-refractivity contribution in [1.29, 1.82) is 0 Å². The van der Waals surface area contributed by atoms with Crippen LogP contribution in [0.5, 0.6) is 5.75 Å². The lowest BCUT2D eigenvalue weighted by Crippen LogP contribution is -2.46. The molecule has 1 aromatic heterocycles. The number of benzene rings is 1. The topological polar surface area (TPSA) is 66.5 Å². The van der Waals surface area contributed by atoms with E-state index in [0.717, 1.165) is 12.3 Å². The normalized spacial score (nSPS) is 15.1. The van der Waals surface area contributed by atoms with Crippen molar-refractivity contribution < 1.29 is 22.7 Å². The fraction of sp³-hybridized carbons (Fsp3) is 0.368. The standard InChI is InChI=1S/C19H20ClF3N4O2/c1-29-16-5-3-2-4-15(16)26-18(28)25-13-6-8-27(9-7-13)17-14(20)10-12(11-24-17)19(21,22)23/h2-5,10-11,13H,6-9H2,1H3,(H2,25,26,28). The fourth-order valence-corrected chi connectivity index (χ4v) is 3.43. The molecule has 0 radical (unpaired) electrons. The highest BCUT2D eigenvalue weighted by Crippen LogP contribution is 2.34. The summed E-state index contributed by atoms with van der Waals surface area (Å²) in [6.45, 7) is 1.02. The van der Waals surface area contributed by atoms with Crippen molar-refractivity contribution >= 4 is 29.1 Å². The number of pyridine rings is 1. The summed E-state index contributed by atoms with van der Waals surface area (Å²) in [4.78, 5) is 18.0. The van der Waals surface area contributed by atoms with Gasteiger partial charge < -0.3 is 20.3 Å². The minimum absolute atomic E-state index is 0.0415. The number of piperidine rings is 1. The van der Waals surface area contributed by atoms with Crippen LogP contribution in [0.25, 0.3) is 0 Å². The molecule has 1 saturated heterocycles. The zero-order valence-corrected chi connectivity index (χ0v) is 16.3. The zero-order valence-electron chi connectivity index (χ0n) is 15.6. The summed E-state index contributed by atoms with van der Waals surface area (Å²) in [7, 11) is 1.52. The largest absolute Gasteiger partial charge is 0.495 e. The van der Waals surface area contributed by atoms with Crippen LogP contribution < -0.4 is 20.3 Å². The van der Waals surface area contributed by atoms with Gasteiger partial charge in [-0.25, -0.2) is 9.78 Å². The van der Waals surface area contributed by atoms with Gasteiger partial charge in [-0.15, -0.1) is 0 Å². The third-order valence-corrected chi connectivity index (χ3v) is 4.91. The van der Waals surface area contributed by atoms with Crippen LogP contribution in [0.2, 0.25) is 5.02 Å². The van der Waals surface area contributed by atoms with E-state index >= 15 is 0 Å². The Kier molecular flexibility index (Phi) is 6.36. The second-order valence-corrected chi connectivity index (χ2v) is 6.99. The van der Waals surface area contributed by atoms with Crippen LogP contribution >= 0.6 is 11.6 Å². The Morgan fingerprint density at radius 2 is 1.97 bits per heavy atom. The van der Waals surface area contributed by atoms with E-state index in [-0.39, 0.29) is 17.1 Å². The maximum Gasteiger partial charge on any atom is 0.417 e. The quantitative estimate of drug-likeness (QED) is 0.749. The van der Waals surface area contributed by atoms with Crippen molar-refractivity contribution in [2.45, 2.75) is 25.1 Å². The summed E-state index contributed by atoms with van der Waals surface area (Å²) in [5.74, 6) is 0.872. The number of halogens is 4. The van der Waals surface area contributed by atoms with Gasteiger partial charge in [0.15, 0.2) is 0 Å². The summed E-state index contributed by atoms with van der Waals surface area (Å²) in [6.07, 6.45) is -2.48. The molecule has 0 aliphatic carbocycles. The first-order valence-electron chi connectivity index (χ1n) is 8.96. The number of anilines is 2. The number of carbonyl (C=O) groups excluding carboxylic acids is 1. The maximum absolute atomic E-state index is 12.8. The Balaban J connectivity index is 1.55. The molecule has 2 amide bonds. The first kappa shape index (κ1) is 21.0. The smallest absolute Gasteiger partial charge is 0.417 e. The monoisotopic (exact) mass is 428 g/mol. The molecule has 1 fully saturated rings. The number of alkyl halides is 3. The van der Waals surface area contributed by atoms with Crippen LogP contribution in [-0.2, 0) is 6.18 Å². The Morgan fingerprint density at radius 1 is 1.28 bits per heavy atom. The number of aromatic nitrogens is 1. The van der Waals surface area contributed by atoms with Gasteiger partial charge in [-0.1, -0.05) is 23.7 Å². The van der Waals surface area contributed by atoms with Gasteiger partial charge in [0.05, 0.1) is 23.4 Å². The molecule has 2 N–H and O–H groups in total. The summed E-state index contributed by atoms with van der Waals surface area (Å²) in [5.41, 5.74) is -0.318. The molecular formula is C19H20ClF3N4O2. The minimum atomic E-state index is -4.49. The highest BCUT2D eigenvalue weighted by Gasteiger charge is 2.32. The first-order chi connectivity index (χ1) is 13.8. The van der Waals surface area contributed by atoms with E-state index in [2.05, 4.69) is 15.6 Å². The van der Waals surface area contributed by atoms with Gasteiger partial charge >= 0.3 is 12.2 Å². The summed E-state index contributed by atoms with van der Waals surface area (Å²) in [6, 6.07) is 7.53. The average Bonchev–Trinajstić information content (AvgIpc) is 2.68. The Hall–Kier alpha value is -2.68. The molecule has 1 aromatic carbocycles. The fourth-order valence-electron chi connectivity index (χ4n) is 3.15. The van der Waals surface area contributed by atoms with Gasteiger partial charge in [0.25, 0.3) is 0 Å². The molecule has 1 aliphatic heterocycles. The van der Waals surface area contributed by atoms with Crippen LogP contribution in [-0.4, -0.2) is 37.3 Å². The SMILES string of the molecule is COc1ccccc1NC(=O)NC1CCN(c2ncc(C(F)(F)F)cc2Cl)CC1. The Bertz CT molecular complexity index is 871. The number of para-hydroxylation sites is 2. The number of carbonyl (C=O) groups is 1. The number of nitrogens with one attached hydrogen (secondary N) is 2. The lowest BCUT2D eigenvalue weighted by molar-refractivity contribution is -0.137. The van der Waals surface area contributed by atoms with Gasteiger partial charge in [-0.3, -0.25) is 0 Å². The van der Waals surface area contributed by atoms with E-state index in [9.17, 15) is 18.0 Å². The van der Waals surface area contributed by atoms with E-state index in [4.69, 9.17) is 16.3 Å². The number of hydrogen-bond donors (Lipinski definition) is 2. The molecule has 3 rings (SSSR count). The summed E-state index contributed by atoms with van der Waals surface area (Å²) >= 11 is 6.01. The number of nitrogens with zero attached hydrogens (tertiary/aromatic N) is 2. The number of amides is 2. The number of urea groups is 1. The number of ether oxygens (including phenoxy) is 1. The summed E-state index contributed by atoms with van der Waals surface area (Å²) < 4.78 is 43.5. The van der Waals surface area contributed by atoms with Crippen LogP contribution in [0, 0.1) is 0 Å². The van der Waals surface area contributed by atoms with Crippen molar-refractivity contribution in [2.75, 3.05) is 30.4 Å². The van der Waals surface area contributed by atoms with Crippen molar-refractivity contribution in [3.63, 3.8) is 0 Å². The Morgan fingerprint density at radius 3 is 2.59 bits per heavy atom. The molecule has 10 heteroatoms. The number of rotatable bonds is 4. The minimum Gasteiger partial charge on any atom is -0.495 e. The van der Waals surface area contributed by atoms with E-state index in [1.807, 2.05) is 4.90 Å². The van der Waals surface area contributed by atoms with Gasteiger partial charge in [0, 0.05) is 25.3 Å². The van der Waals surface area contributed by atoms with Gasteiger partial charge in [0.2, 0.25) is 0 Å². The van der Waals surface area contributed by atoms with Crippen LogP contribution in [0.3, 0.4) is 0 Å². The molecule has 2 heterocycles. The van der Waals surface area contributed by atoms with E-state index in [1.54, 1.807) is 24.3 Å². The molecule has 0 saturated carbocycles. The highest BCUT2D eigenvalue weighted by molar-refractivity contribution is 6.33. The van der Waals surface area contributed by atoms with Crippen molar-refractivity contribution in [3.05, 3.63) is 47.1 Å². The van der Waals surface area contributed by atoms with Crippen molar-refractivity contribution in [1.82, 2.24) is 10.3 Å². The lowest BCUT2D eigenvalue weighted by Gasteiger charge is -2.33. The Labute approximate surface area is 171 Å². The van der Waals surface area contributed by atoms with Crippen molar-refractivity contribution in [3.8, 4) is 5.75 Å². The van der Waals surface area contributed by atoms with Gasteiger partial charge in [-0.2, -0.15) is 13.2 Å². The molecule has 156 valence electrons. The van der Waals surface area contributed by atoms with E-state index in [0.29, 0.717) is 43.2 Å². The number of hydrogen-bond acceptors (Lipinski definition) is 4. The van der Waals surface area contributed by atoms with Crippen LogP contribution in [0.1, 0.15) is 18.4 Å². The molecule has 0 spiro atoms. The summed E-state index contributed by atoms with van der Waals surface area (Å²) in [5, 5.41) is 5.61.